The summed E-state index contributed by atoms with van der Waals surface area (Å²) in [5.41, 5.74) is 0.860. The molecule has 6 heteroatoms. The second kappa shape index (κ2) is 8.86. The number of piperidine rings is 1. The van der Waals surface area contributed by atoms with Gasteiger partial charge in [-0.05, 0) is 54.6 Å². The molecule has 27 heavy (non-hydrogen) atoms. The van der Waals surface area contributed by atoms with Crippen LogP contribution in [0, 0.1) is 5.92 Å². The van der Waals surface area contributed by atoms with Crippen LogP contribution in [-0.4, -0.2) is 36.9 Å². The summed E-state index contributed by atoms with van der Waals surface area (Å²) in [6.07, 6.45) is 2.69. The number of anilines is 1. The first-order chi connectivity index (χ1) is 13.1. The number of rotatable bonds is 6. The lowest BCUT2D eigenvalue weighted by Crippen LogP contribution is -2.44. The number of thiophene rings is 1. The molecule has 1 aromatic carbocycles. The molecule has 2 heterocycles. The first-order valence-corrected chi connectivity index (χ1v) is 9.89. The molecule has 2 amide bonds. The Morgan fingerprint density at radius 1 is 1.26 bits per heavy atom. The molecule has 2 aromatic rings. The quantitative estimate of drug-likeness (QED) is 0.714. The Morgan fingerprint density at radius 2 is 1.96 bits per heavy atom. The number of nitrogens with zero attached hydrogens (tertiary/aromatic N) is 2. The van der Waals surface area contributed by atoms with Gasteiger partial charge in [-0.15, -0.1) is 11.3 Å². The zero-order valence-corrected chi connectivity index (χ0v) is 16.3. The van der Waals surface area contributed by atoms with Gasteiger partial charge in [0.2, 0.25) is 11.8 Å². The highest BCUT2D eigenvalue weighted by Gasteiger charge is 2.30. The highest BCUT2D eigenvalue weighted by atomic mass is 32.1. The summed E-state index contributed by atoms with van der Waals surface area (Å²) in [6, 6.07) is 11.6. The van der Waals surface area contributed by atoms with Crippen molar-refractivity contribution in [3.8, 4) is 5.75 Å². The van der Waals surface area contributed by atoms with Crippen LogP contribution in [0.25, 0.3) is 0 Å². The third-order valence-electron chi connectivity index (χ3n) is 4.87. The summed E-state index contributed by atoms with van der Waals surface area (Å²) in [6.45, 7) is 5.28. The Bertz CT molecular complexity index is 778. The molecule has 5 nitrogen and oxygen atoms in total. The second-order valence-corrected chi connectivity index (χ2v) is 7.54. The predicted octanol–water partition coefficient (Wildman–Crippen LogP) is 3.71. The molecular weight excluding hydrogens is 360 g/mol. The van der Waals surface area contributed by atoms with Crippen molar-refractivity contribution >= 4 is 28.8 Å². The van der Waals surface area contributed by atoms with Crippen LogP contribution in [0.1, 0.15) is 17.7 Å². The fraction of sp³-hybridized carbons (Fsp3) is 0.333. The van der Waals surface area contributed by atoms with Crippen molar-refractivity contribution in [2.75, 3.05) is 25.1 Å². The lowest BCUT2D eigenvalue weighted by atomic mass is 9.94. The molecule has 0 saturated carbocycles. The van der Waals surface area contributed by atoms with Crippen molar-refractivity contribution in [3.63, 3.8) is 0 Å². The summed E-state index contributed by atoms with van der Waals surface area (Å²) in [5, 5.41) is 2.02. The lowest BCUT2D eigenvalue weighted by Gasteiger charge is -2.34. The van der Waals surface area contributed by atoms with Crippen LogP contribution < -0.4 is 9.64 Å². The van der Waals surface area contributed by atoms with E-state index in [2.05, 4.69) is 6.58 Å². The molecule has 0 radical (unpaired) electrons. The highest BCUT2D eigenvalue weighted by Crippen LogP contribution is 2.27. The summed E-state index contributed by atoms with van der Waals surface area (Å²) >= 11 is 1.64. The molecular formula is C21H24N2O3S. The predicted molar refractivity (Wildman–Crippen MR) is 108 cm³/mol. The fourth-order valence-corrected chi connectivity index (χ4v) is 4.01. The molecule has 0 aliphatic carbocycles. The zero-order chi connectivity index (χ0) is 19.2. The van der Waals surface area contributed by atoms with Gasteiger partial charge in [-0.2, -0.15) is 0 Å². The van der Waals surface area contributed by atoms with E-state index in [0.717, 1.165) is 16.3 Å². The van der Waals surface area contributed by atoms with Crippen molar-refractivity contribution < 1.29 is 14.3 Å². The SMILES string of the molecule is C=CC(=O)N1CCC(C(=O)N(Cc2cccs2)c2ccc(OC)cc2)CC1. The Balaban J connectivity index is 1.76. The maximum absolute atomic E-state index is 13.3. The summed E-state index contributed by atoms with van der Waals surface area (Å²) in [7, 11) is 1.63. The summed E-state index contributed by atoms with van der Waals surface area (Å²) in [4.78, 5) is 29.8. The van der Waals surface area contributed by atoms with Gasteiger partial charge in [0.25, 0.3) is 0 Å². The number of hydrogen-bond donors (Lipinski definition) is 0. The van der Waals surface area contributed by atoms with Crippen LogP contribution >= 0.6 is 11.3 Å². The van der Waals surface area contributed by atoms with Gasteiger partial charge in [0.15, 0.2) is 0 Å². The number of methoxy groups -OCH3 is 1. The van der Waals surface area contributed by atoms with Crippen molar-refractivity contribution in [2.45, 2.75) is 19.4 Å². The van der Waals surface area contributed by atoms with Gasteiger partial charge in [-0.25, -0.2) is 0 Å². The van der Waals surface area contributed by atoms with Crippen molar-refractivity contribution in [3.05, 3.63) is 59.3 Å². The van der Waals surface area contributed by atoms with Crippen molar-refractivity contribution in [1.82, 2.24) is 4.90 Å². The molecule has 0 atom stereocenters. The van der Waals surface area contributed by atoms with Crippen molar-refractivity contribution in [2.24, 2.45) is 5.92 Å². The van der Waals surface area contributed by atoms with Gasteiger partial charge in [0.1, 0.15) is 5.75 Å². The molecule has 1 saturated heterocycles. The zero-order valence-electron chi connectivity index (χ0n) is 15.5. The molecule has 0 unspecified atom stereocenters. The van der Waals surface area contributed by atoms with E-state index in [9.17, 15) is 9.59 Å². The molecule has 1 fully saturated rings. The average molecular weight is 385 g/mol. The van der Waals surface area contributed by atoms with E-state index in [1.807, 2.05) is 46.7 Å². The number of ether oxygens (including phenoxy) is 1. The number of likely N-dealkylation sites (tertiary alicyclic amines) is 1. The third-order valence-corrected chi connectivity index (χ3v) is 5.74. The van der Waals surface area contributed by atoms with E-state index < -0.39 is 0 Å². The van der Waals surface area contributed by atoms with Crippen LogP contribution in [0.4, 0.5) is 5.69 Å². The Morgan fingerprint density at radius 3 is 2.52 bits per heavy atom. The maximum atomic E-state index is 13.3. The van der Waals surface area contributed by atoms with E-state index in [4.69, 9.17) is 4.74 Å². The standard InChI is InChI=1S/C21H24N2O3S/c1-3-20(24)22-12-10-16(11-13-22)21(25)23(15-19-5-4-14-27-19)17-6-8-18(26-2)9-7-17/h3-9,14,16H,1,10-13,15H2,2H3. The molecule has 0 spiro atoms. The van der Waals surface area contributed by atoms with E-state index in [1.165, 1.54) is 6.08 Å². The van der Waals surface area contributed by atoms with Crippen LogP contribution in [0.2, 0.25) is 0 Å². The third kappa shape index (κ3) is 4.57. The van der Waals surface area contributed by atoms with Gasteiger partial charge in [0.05, 0.1) is 13.7 Å². The Hall–Kier alpha value is -2.60. The smallest absolute Gasteiger partial charge is 0.245 e. The minimum absolute atomic E-state index is 0.0634. The van der Waals surface area contributed by atoms with Gasteiger partial charge in [-0.1, -0.05) is 12.6 Å². The average Bonchev–Trinajstić information content (AvgIpc) is 3.24. The van der Waals surface area contributed by atoms with Crippen LogP contribution in [-0.2, 0) is 16.1 Å². The largest absolute Gasteiger partial charge is 0.497 e. The van der Waals surface area contributed by atoms with E-state index in [0.29, 0.717) is 32.5 Å². The number of carbonyl (C=O) groups is 2. The summed E-state index contributed by atoms with van der Waals surface area (Å²) in [5.74, 6) is 0.727. The molecule has 1 aliphatic heterocycles. The number of amides is 2. The molecule has 1 aromatic heterocycles. The topological polar surface area (TPSA) is 49.9 Å². The Labute approximate surface area is 163 Å². The molecule has 3 rings (SSSR count). The first-order valence-electron chi connectivity index (χ1n) is 9.01. The molecule has 142 valence electrons. The summed E-state index contributed by atoms with van der Waals surface area (Å²) < 4.78 is 5.23. The lowest BCUT2D eigenvalue weighted by molar-refractivity contribution is -0.131. The highest BCUT2D eigenvalue weighted by molar-refractivity contribution is 7.09. The first kappa shape index (κ1) is 19.2. The molecule has 1 aliphatic rings. The van der Waals surface area contributed by atoms with Gasteiger partial charge >= 0.3 is 0 Å². The molecule has 0 N–H and O–H groups in total. The van der Waals surface area contributed by atoms with E-state index >= 15 is 0 Å². The number of hydrogen-bond acceptors (Lipinski definition) is 4. The normalized spacial score (nSPS) is 14.6. The number of benzene rings is 1. The number of carbonyl (C=O) groups excluding carboxylic acids is 2. The van der Waals surface area contributed by atoms with E-state index in [-0.39, 0.29) is 17.7 Å². The maximum Gasteiger partial charge on any atom is 0.245 e. The Kier molecular flexibility index (Phi) is 6.29. The monoisotopic (exact) mass is 384 g/mol. The van der Waals surface area contributed by atoms with Crippen molar-refractivity contribution in [1.29, 1.82) is 0 Å². The minimum atomic E-state index is -0.0825. The van der Waals surface area contributed by atoms with Gasteiger partial charge in [-0.3, -0.25) is 9.59 Å². The minimum Gasteiger partial charge on any atom is -0.497 e. The van der Waals surface area contributed by atoms with Crippen LogP contribution in [0.5, 0.6) is 5.75 Å². The van der Waals surface area contributed by atoms with Crippen LogP contribution in [0.15, 0.2) is 54.4 Å². The van der Waals surface area contributed by atoms with Gasteiger partial charge in [0, 0.05) is 29.6 Å². The molecule has 0 bridgehead atoms. The fourth-order valence-electron chi connectivity index (χ4n) is 3.31. The van der Waals surface area contributed by atoms with E-state index in [1.54, 1.807) is 23.3 Å². The van der Waals surface area contributed by atoms with Crippen LogP contribution in [0.3, 0.4) is 0 Å². The van der Waals surface area contributed by atoms with Gasteiger partial charge < -0.3 is 14.5 Å². The second-order valence-electron chi connectivity index (χ2n) is 6.51.